The molecule has 0 aromatic carbocycles. The lowest BCUT2D eigenvalue weighted by atomic mass is 10.3. The van der Waals surface area contributed by atoms with Crippen molar-refractivity contribution in [3.8, 4) is 0 Å². The topological polar surface area (TPSA) is 38.9 Å². The van der Waals surface area contributed by atoms with Crippen molar-refractivity contribution in [2.24, 2.45) is 0 Å². The predicted molar refractivity (Wildman–Crippen MR) is 36.5 cm³/mol. The molecule has 0 aliphatic rings. The van der Waals surface area contributed by atoms with E-state index < -0.39 is 0 Å². The zero-order valence-electron chi connectivity index (χ0n) is 5.53. The molecule has 0 aliphatic carbocycles. The molecule has 10 heavy (non-hydrogen) atoms. The number of hydrogen-bond acceptors (Lipinski definition) is 3. The molecule has 0 aliphatic heterocycles. The second-order valence-corrected chi connectivity index (χ2v) is 2.17. The lowest BCUT2D eigenvalue weighted by Crippen LogP contribution is -1.77. The zero-order valence-corrected chi connectivity index (χ0v) is 5.53. The Kier molecular flexibility index (Phi) is 0.974. The van der Waals surface area contributed by atoms with Gasteiger partial charge in [0.05, 0.1) is 11.6 Å². The normalized spacial score (nSPS) is 10.5. The summed E-state index contributed by atoms with van der Waals surface area (Å²) in [7, 11) is 0. The summed E-state index contributed by atoms with van der Waals surface area (Å²) >= 11 is 0. The largest absolute Gasteiger partial charge is 0.336 e. The zero-order chi connectivity index (χ0) is 6.97. The molecular weight excluding hydrogens is 128 g/mol. The molecule has 2 aromatic rings. The van der Waals surface area contributed by atoms with Gasteiger partial charge in [-0.05, 0) is 19.1 Å². The quantitative estimate of drug-likeness (QED) is 0.548. The average Bonchev–Trinajstić information content (AvgIpc) is 2.33. The number of hydrogen-bond donors (Lipinski definition) is 0. The predicted octanol–water partition coefficient (Wildman–Crippen LogP) is 1.53. The van der Waals surface area contributed by atoms with E-state index in [2.05, 4.69) is 10.1 Å². The number of pyridine rings is 1. The molecular formula is C7H6N2O. The van der Waals surface area contributed by atoms with Crippen molar-refractivity contribution in [3.63, 3.8) is 0 Å². The van der Waals surface area contributed by atoms with Crippen LogP contribution in [0.25, 0.3) is 11.1 Å². The lowest BCUT2D eigenvalue weighted by molar-refractivity contribution is 0.448. The van der Waals surface area contributed by atoms with Gasteiger partial charge in [0.25, 0.3) is 5.71 Å². The van der Waals surface area contributed by atoms with E-state index in [0.29, 0.717) is 5.71 Å². The van der Waals surface area contributed by atoms with Gasteiger partial charge in [-0.2, -0.15) is 0 Å². The molecule has 0 N–H and O–H groups in total. The van der Waals surface area contributed by atoms with Crippen LogP contribution in [-0.2, 0) is 0 Å². The van der Waals surface area contributed by atoms with Crippen LogP contribution in [0.5, 0.6) is 0 Å². The highest BCUT2D eigenvalue weighted by molar-refractivity contribution is 5.71. The molecule has 0 amide bonds. The molecule has 2 aromatic heterocycles. The maximum atomic E-state index is 4.84. The van der Waals surface area contributed by atoms with E-state index >= 15 is 0 Å². The highest BCUT2D eigenvalue weighted by Crippen LogP contribution is 2.09. The number of fused-ring (bicyclic) bond motifs is 1. The van der Waals surface area contributed by atoms with Crippen LogP contribution in [0, 0.1) is 6.92 Å². The van der Waals surface area contributed by atoms with Crippen LogP contribution in [0.1, 0.15) is 5.69 Å². The summed E-state index contributed by atoms with van der Waals surface area (Å²) in [4.78, 5) is 4.11. The Labute approximate surface area is 57.7 Å². The van der Waals surface area contributed by atoms with Gasteiger partial charge in [0.15, 0.2) is 0 Å². The molecule has 0 spiro atoms. The smallest absolute Gasteiger partial charge is 0.257 e. The van der Waals surface area contributed by atoms with E-state index in [1.807, 2.05) is 19.1 Å². The summed E-state index contributed by atoms with van der Waals surface area (Å²) in [5, 5.41) is 4.55. The van der Waals surface area contributed by atoms with Gasteiger partial charge in [0.1, 0.15) is 0 Å². The minimum absolute atomic E-state index is 0.611. The van der Waals surface area contributed by atoms with Crippen molar-refractivity contribution >= 4 is 11.1 Å². The maximum absolute atomic E-state index is 4.84. The highest BCUT2D eigenvalue weighted by atomic mass is 16.5. The first kappa shape index (κ1) is 5.41. The third-order valence-corrected chi connectivity index (χ3v) is 1.36. The summed E-state index contributed by atoms with van der Waals surface area (Å²) in [6, 6.07) is 3.87. The first-order valence-corrected chi connectivity index (χ1v) is 3.04. The van der Waals surface area contributed by atoms with Crippen LogP contribution in [0.4, 0.5) is 0 Å². The number of rotatable bonds is 0. The number of aromatic nitrogens is 2. The molecule has 0 atom stereocenters. The Balaban J connectivity index is 2.86. The number of nitrogens with zero attached hydrogens (tertiary/aromatic N) is 2. The van der Waals surface area contributed by atoms with Crippen LogP contribution < -0.4 is 0 Å². The van der Waals surface area contributed by atoms with Gasteiger partial charge < -0.3 is 4.52 Å². The lowest BCUT2D eigenvalue weighted by Gasteiger charge is -1.86. The summed E-state index contributed by atoms with van der Waals surface area (Å²) in [6.45, 7) is 1.92. The van der Waals surface area contributed by atoms with Crippen LogP contribution in [0.2, 0.25) is 0 Å². The molecule has 2 heterocycles. The molecule has 50 valence electrons. The Hall–Kier alpha value is -1.38. The van der Waals surface area contributed by atoms with Crippen molar-refractivity contribution in [3.05, 3.63) is 24.0 Å². The van der Waals surface area contributed by atoms with E-state index in [1.54, 1.807) is 6.20 Å². The summed E-state index contributed by atoms with van der Waals surface area (Å²) in [5.41, 5.74) is 1.56. The van der Waals surface area contributed by atoms with E-state index in [4.69, 9.17) is 4.52 Å². The molecule has 0 unspecified atom stereocenters. The summed E-state index contributed by atoms with van der Waals surface area (Å²) < 4.78 is 4.84. The fourth-order valence-corrected chi connectivity index (χ4v) is 0.848. The van der Waals surface area contributed by atoms with Crippen molar-refractivity contribution in [1.82, 2.24) is 10.1 Å². The van der Waals surface area contributed by atoms with Gasteiger partial charge in [0, 0.05) is 5.69 Å². The van der Waals surface area contributed by atoms with Crippen LogP contribution in [0.15, 0.2) is 22.9 Å². The monoisotopic (exact) mass is 134 g/mol. The molecule has 0 radical (unpaired) electrons. The van der Waals surface area contributed by atoms with Crippen molar-refractivity contribution in [1.29, 1.82) is 0 Å². The number of aryl methyl sites for hydroxylation is 1. The summed E-state index contributed by atoms with van der Waals surface area (Å²) in [5.74, 6) is 0. The molecule has 2 rings (SSSR count). The Morgan fingerprint density at radius 1 is 1.40 bits per heavy atom. The molecule has 0 saturated heterocycles. The SMILES string of the molecule is Cc1ccc2cnoc2n1. The Morgan fingerprint density at radius 3 is 3.20 bits per heavy atom. The van der Waals surface area contributed by atoms with E-state index in [0.717, 1.165) is 11.1 Å². The van der Waals surface area contributed by atoms with Gasteiger partial charge >= 0.3 is 0 Å². The standard InChI is InChI=1S/C7H6N2O/c1-5-2-3-6-4-8-10-7(6)9-5/h2-4H,1H3. The molecule has 0 saturated carbocycles. The van der Waals surface area contributed by atoms with E-state index in [1.165, 1.54) is 0 Å². The minimum Gasteiger partial charge on any atom is -0.336 e. The molecule has 3 heteroatoms. The Bertz CT molecular complexity index is 353. The fourth-order valence-electron chi connectivity index (χ4n) is 0.848. The third-order valence-electron chi connectivity index (χ3n) is 1.36. The van der Waals surface area contributed by atoms with Crippen LogP contribution in [0.3, 0.4) is 0 Å². The van der Waals surface area contributed by atoms with Crippen molar-refractivity contribution in [2.45, 2.75) is 6.92 Å². The van der Waals surface area contributed by atoms with Gasteiger partial charge in [-0.1, -0.05) is 5.16 Å². The van der Waals surface area contributed by atoms with E-state index in [-0.39, 0.29) is 0 Å². The summed E-state index contributed by atoms with van der Waals surface area (Å²) in [6.07, 6.45) is 1.65. The first-order chi connectivity index (χ1) is 4.86. The average molecular weight is 134 g/mol. The minimum atomic E-state index is 0.611. The van der Waals surface area contributed by atoms with Crippen LogP contribution in [-0.4, -0.2) is 10.1 Å². The van der Waals surface area contributed by atoms with Crippen molar-refractivity contribution < 1.29 is 4.52 Å². The van der Waals surface area contributed by atoms with Crippen molar-refractivity contribution in [2.75, 3.05) is 0 Å². The Morgan fingerprint density at radius 2 is 2.30 bits per heavy atom. The van der Waals surface area contributed by atoms with Gasteiger partial charge in [-0.3, -0.25) is 0 Å². The molecule has 3 nitrogen and oxygen atoms in total. The second kappa shape index (κ2) is 1.80. The van der Waals surface area contributed by atoms with Gasteiger partial charge in [0.2, 0.25) is 0 Å². The third kappa shape index (κ3) is 0.673. The van der Waals surface area contributed by atoms with Gasteiger partial charge in [-0.15, -0.1) is 0 Å². The first-order valence-electron chi connectivity index (χ1n) is 3.04. The van der Waals surface area contributed by atoms with Gasteiger partial charge in [-0.25, -0.2) is 4.98 Å². The van der Waals surface area contributed by atoms with Crippen LogP contribution >= 0.6 is 0 Å². The second-order valence-electron chi connectivity index (χ2n) is 2.17. The fraction of sp³-hybridized carbons (Fsp3) is 0.143. The molecule has 0 bridgehead atoms. The van der Waals surface area contributed by atoms with E-state index in [9.17, 15) is 0 Å². The molecule has 0 fully saturated rings. The maximum Gasteiger partial charge on any atom is 0.257 e. The highest BCUT2D eigenvalue weighted by Gasteiger charge is 1.96.